The maximum atomic E-state index is 13.4. The van der Waals surface area contributed by atoms with Gasteiger partial charge in [-0.1, -0.05) is 36.4 Å². The SMILES string of the molecule is CC(C)N(CC1=Cc2ccccc2S(=O)(=O)N1c1ccccc1)C(C)C. The summed E-state index contributed by atoms with van der Waals surface area (Å²) in [6.07, 6.45) is 2.00. The first-order valence-corrected chi connectivity index (χ1v) is 10.4. The highest BCUT2D eigenvalue weighted by molar-refractivity contribution is 7.93. The number of sulfonamides is 1. The van der Waals surface area contributed by atoms with Crippen LogP contribution in [0.3, 0.4) is 0 Å². The van der Waals surface area contributed by atoms with E-state index in [4.69, 9.17) is 0 Å². The molecule has 1 heterocycles. The van der Waals surface area contributed by atoms with Crippen molar-refractivity contribution in [3.05, 3.63) is 65.9 Å². The van der Waals surface area contributed by atoms with E-state index in [1.165, 1.54) is 4.31 Å². The summed E-state index contributed by atoms with van der Waals surface area (Å²) in [7, 11) is -3.64. The smallest absolute Gasteiger partial charge is 0.269 e. The third kappa shape index (κ3) is 3.41. The van der Waals surface area contributed by atoms with Crippen LogP contribution in [0.25, 0.3) is 6.08 Å². The second kappa shape index (κ2) is 7.25. The van der Waals surface area contributed by atoms with Gasteiger partial charge in [-0.05, 0) is 57.5 Å². The maximum absolute atomic E-state index is 13.4. The fourth-order valence-electron chi connectivity index (χ4n) is 3.45. The molecule has 0 bridgehead atoms. The third-order valence-electron chi connectivity index (χ3n) is 4.68. The molecule has 0 N–H and O–H groups in total. The Morgan fingerprint density at radius 2 is 1.46 bits per heavy atom. The first-order valence-electron chi connectivity index (χ1n) is 8.98. The molecule has 0 atom stereocenters. The van der Waals surface area contributed by atoms with Crippen molar-refractivity contribution in [1.82, 2.24) is 4.90 Å². The summed E-state index contributed by atoms with van der Waals surface area (Å²) in [5.74, 6) is 0. The van der Waals surface area contributed by atoms with Gasteiger partial charge in [-0.2, -0.15) is 0 Å². The molecular weight excluding hydrogens is 344 g/mol. The van der Waals surface area contributed by atoms with E-state index >= 15 is 0 Å². The van der Waals surface area contributed by atoms with Gasteiger partial charge in [0.15, 0.2) is 0 Å². The average Bonchev–Trinajstić information content (AvgIpc) is 2.59. The molecule has 0 spiro atoms. The summed E-state index contributed by atoms with van der Waals surface area (Å²) in [6.45, 7) is 9.12. The van der Waals surface area contributed by atoms with Gasteiger partial charge in [0.25, 0.3) is 10.0 Å². The molecule has 0 radical (unpaired) electrons. The zero-order valence-corrected chi connectivity index (χ0v) is 16.6. The molecule has 1 aliphatic rings. The number of benzene rings is 2. The average molecular weight is 371 g/mol. The first kappa shape index (κ1) is 18.7. The van der Waals surface area contributed by atoms with Crippen molar-refractivity contribution >= 4 is 21.8 Å². The van der Waals surface area contributed by atoms with Crippen LogP contribution in [0.4, 0.5) is 5.69 Å². The second-order valence-electron chi connectivity index (χ2n) is 7.14. The summed E-state index contributed by atoms with van der Waals surface area (Å²) < 4.78 is 28.3. The lowest BCUT2D eigenvalue weighted by Gasteiger charge is -2.37. The quantitative estimate of drug-likeness (QED) is 0.785. The minimum absolute atomic E-state index is 0.313. The highest BCUT2D eigenvalue weighted by atomic mass is 32.2. The Morgan fingerprint density at radius 3 is 2.08 bits per heavy atom. The molecule has 4 nitrogen and oxygen atoms in total. The lowest BCUT2D eigenvalue weighted by atomic mass is 10.1. The van der Waals surface area contributed by atoms with Gasteiger partial charge in [-0.3, -0.25) is 4.90 Å². The standard InChI is InChI=1S/C21H26N2O2S/c1-16(2)22(17(3)4)15-20-14-18-10-8-9-13-21(18)26(24,25)23(20)19-11-6-5-7-12-19/h5-14,16-17H,15H2,1-4H3. The maximum Gasteiger partial charge on any atom is 0.269 e. The molecule has 0 saturated carbocycles. The summed E-state index contributed by atoms with van der Waals surface area (Å²) in [4.78, 5) is 2.65. The van der Waals surface area contributed by atoms with Crippen LogP contribution in [-0.4, -0.2) is 31.9 Å². The molecule has 2 aromatic rings. The molecule has 0 aliphatic carbocycles. The molecule has 5 heteroatoms. The fraction of sp³-hybridized carbons (Fsp3) is 0.333. The van der Waals surface area contributed by atoms with Gasteiger partial charge in [-0.25, -0.2) is 12.7 Å². The van der Waals surface area contributed by atoms with E-state index in [1.54, 1.807) is 12.1 Å². The molecule has 138 valence electrons. The minimum Gasteiger partial charge on any atom is -0.293 e. The van der Waals surface area contributed by atoms with Gasteiger partial charge in [-0.15, -0.1) is 0 Å². The van der Waals surface area contributed by atoms with Crippen LogP contribution < -0.4 is 4.31 Å². The van der Waals surface area contributed by atoms with Gasteiger partial charge in [0.2, 0.25) is 0 Å². The van der Waals surface area contributed by atoms with E-state index in [0.717, 1.165) is 11.3 Å². The van der Waals surface area contributed by atoms with Crippen molar-refractivity contribution in [2.75, 3.05) is 10.8 Å². The molecular formula is C21H26N2O2S. The molecule has 1 aliphatic heterocycles. The van der Waals surface area contributed by atoms with E-state index in [-0.39, 0.29) is 0 Å². The number of para-hydroxylation sites is 1. The second-order valence-corrected chi connectivity index (χ2v) is 8.89. The van der Waals surface area contributed by atoms with Gasteiger partial charge >= 0.3 is 0 Å². The Labute approximate surface area is 156 Å². The summed E-state index contributed by atoms with van der Waals surface area (Å²) in [5.41, 5.74) is 2.19. The molecule has 0 aromatic heterocycles. The highest BCUT2D eigenvalue weighted by Crippen LogP contribution is 2.35. The number of anilines is 1. The number of fused-ring (bicyclic) bond motifs is 1. The normalized spacial score (nSPS) is 16.1. The molecule has 0 saturated heterocycles. The van der Waals surface area contributed by atoms with Gasteiger partial charge in [0, 0.05) is 24.3 Å². The van der Waals surface area contributed by atoms with E-state index in [0.29, 0.717) is 29.2 Å². The number of hydrogen-bond acceptors (Lipinski definition) is 3. The van der Waals surface area contributed by atoms with E-state index in [2.05, 4.69) is 32.6 Å². The van der Waals surface area contributed by atoms with E-state index < -0.39 is 10.0 Å². The van der Waals surface area contributed by atoms with Crippen LogP contribution in [0, 0.1) is 0 Å². The summed E-state index contributed by atoms with van der Waals surface area (Å²) in [5, 5.41) is 0. The van der Waals surface area contributed by atoms with Crippen molar-refractivity contribution in [3.63, 3.8) is 0 Å². The van der Waals surface area contributed by atoms with Crippen molar-refractivity contribution in [3.8, 4) is 0 Å². The van der Waals surface area contributed by atoms with Crippen LogP contribution in [-0.2, 0) is 10.0 Å². The zero-order chi connectivity index (χ0) is 18.9. The van der Waals surface area contributed by atoms with Gasteiger partial charge in [0.05, 0.1) is 10.6 Å². The Morgan fingerprint density at radius 1 is 0.885 bits per heavy atom. The monoisotopic (exact) mass is 370 g/mol. The Kier molecular flexibility index (Phi) is 5.21. The van der Waals surface area contributed by atoms with Gasteiger partial charge < -0.3 is 0 Å². The number of hydrogen-bond donors (Lipinski definition) is 0. The van der Waals surface area contributed by atoms with Crippen molar-refractivity contribution in [2.24, 2.45) is 0 Å². The molecule has 26 heavy (non-hydrogen) atoms. The van der Waals surface area contributed by atoms with Crippen molar-refractivity contribution < 1.29 is 8.42 Å². The largest absolute Gasteiger partial charge is 0.293 e. The van der Waals surface area contributed by atoms with Crippen LogP contribution in [0.5, 0.6) is 0 Å². The van der Waals surface area contributed by atoms with Crippen LogP contribution in [0.15, 0.2) is 65.2 Å². The number of rotatable bonds is 5. The first-order chi connectivity index (χ1) is 12.3. The summed E-state index contributed by atoms with van der Waals surface area (Å²) in [6, 6.07) is 17.1. The number of nitrogens with zero attached hydrogens (tertiary/aromatic N) is 2. The Bertz CT molecular complexity index is 895. The third-order valence-corrected chi connectivity index (χ3v) is 6.54. The van der Waals surface area contributed by atoms with Crippen molar-refractivity contribution in [2.45, 2.75) is 44.7 Å². The highest BCUT2D eigenvalue weighted by Gasteiger charge is 2.34. The van der Waals surface area contributed by atoms with Crippen LogP contribution in [0.2, 0.25) is 0 Å². The molecule has 2 aromatic carbocycles. The lowest BCUT2D eigenvalue weighted by Crippen LogP contribution is -2.44. The minimum atomic E-state index is -3.64. The molecule has 3 rings (SSSR count). The van der Waals surface area contributed by atoms with Crippen LogP contribution in [0.1, 0.15) is 33.3 Å². The summed E-state index contributed by atoms with van der Waals surface area (Å²) >= 11 is 0. The van der Waals surface area contributed by atoms with E-state index in [9.17, 15) is 8.42 Å². The zero-order valence-electron chi connectivity index (χ0n) is 15.8. The van der Waals surface area contributed by atoms with Crippen molar-refractivity contribution in [1.29, 1.82) is 0 Å². The molecule has 0 unspecified atom stereocenters. The Balaban J connectivity index is 2.16. The molecule has 0 fully saturated rings. The predicted octanol–water partition coefficient (Wildman–Crippen LogP) is 4.36. The topological polar surface area (TPSA) is 40.6 Å². The predicted molar refractivity (Wildman–Crippen MR) is 108 cm³/mol. The van der Waals surface area contributed by atoms with Gasteiger partial charge in [0.1, 0.15) is 0 Å². The van der Waals surface area contributed by atoms with Crippen LogP contribution >= 0.6 is 0 Å². The Hall–Kier alpha value is -2.11. The van der Waals surface area contributed by atoms with E-state index in [1.807, 2.05) is 48.5 Å². The molecule has 0 amide bonds. The fourth-order valence-corrected chi connectivity index (χ4v) is 5.14. The lowest BCUT2D eigenvalue weighted by molar-refractivity contribution is 0.191.